The monoisotopic (exact) mass is 358 g/mol. The van der Waals surface area contributed by atoms with Gasteiger partial charge in [0.15, 0.2) is 0 Å². The van der Waals surface area contributed by atoms with Gasteiger partial charge in [-0.05, 0) is 25.0 Å². The van der Waals surface area contributed by atoms with Gasteiger partial charge in [0.05, 0.1) is 13.5 Å². The predicted octanol–water partition coefficient (Wildman–Crippen LogP) is 3.02. The average molecular weight is 358 g/mol. The summed E-state index contributed by atoms with van der Waals surface area (Å²) >= 11 is 0. The van der Waals surface area contributed by atoms with Crippen molar-refractivity contribution in [3.05, 3.63) is 41.1 Å². The average Bonchev–Trinajstić information content (AvgIpc) is 2.58. The molecule has 0 amide bonds. The first-order valence-electron chi connectivity index (χ1n) is 8.67. The number of nitrogens with zero attached hydrogens (tertiary/aromatic N) is 2. The number of anilines is 2. The zero-order valence-corrected chi connectivity index (χ0v) is 15.5. The number of carboxylic acids is 1. The molecule has 0 aliphatic carbocycles. The van der Waals surface area contributed by atoms with Crippen LogP contribution in [-0.4, -0.2) is 34.2 Å². The van der Waals surface area contributed by atoms with Crippen molar-refractivity contribution in [3.63, 3.8) is 0 Å². The Kier molecular flexibility index (Phi) is 6.77. The maximum atomic E-state index is 11.2. The third-order valence-corrected chi connectivity index (χ3v) is 4.19. The Morgan fingerprint density at radius 2 is 2.08 bits per heavy atom. The molecular formula is C19H26N4O3. The Morgan fingerprint density at radius 1 is 1.35 bits per heavy atom. The van der Waals surface area contributed by atoms with Gasteiger partial charge in [0.25, 0.3) is 0 Å². The van der Waals surface area contributed by atoms with Crippen molar-refractivity contribution in [1.82, 2.24) is 9.97 Å². The van der Waals surface area contributed by atoms with Gasteiger partial charge in [0.2, 0.25) is 5.95 Å². The standard InChI is InChI=1S/C19H26N4O3/c1-4-7-14(11-17(24)25)22-18-15(12(2)21-19(20)23-18)10-13-8-5-6-9-16(13)26-3/h5-6,8-9,14H,4,7,10-11H2,1-3H3,(H,24,25)(H3,20,21,22,23)/t14-/m0/s1. The maximum Gasteiger partial charge on any atom is 0.305 e. The number of ether oxygens (including phenoxy) is 1. The molecule has 1 aromatic carbocycles. The van der Waals surface area contributed by atoms with Crippen LogP contribution in [-0.2, 0) is 11.2 Å². The minimum Gasteiger partial charge on any atom is -0.496 e. The van der Waals surface area contributed by atoms with E-state index in [4.69, 9.17) is 15.6 Å². The van der Waals surface area contributed by atoms with Gasteiger partial charge in [-0.1, -0.05) is 31.5 Å². The van der Waals surface area contributed by atoms with E-state index in [-0.39, 0.29) is 18.4 Å². The molecule has 0 aliphatic rings. The van der Waals surface area contributed by atoms with Crippen LogP contribution in [0.2, 0.25) is 0 Å². The van der Waals surface area contributed by atoms with E-state index in [0.29, 0.717) is 12.2 Å². The molecule has 1 atom stereocenters. The molecule has 2 rings (SSSR count). The lowest BCUT2D eigenvalue weighted by Crippen LogP contribution is -2.25. The van der Waals surface area contributed by atoms with Crippen LogP contribution in [0.3, 0.4) is 0 Å². The number of rotatable bonds is 9. The summed E-state index contributed by atoms with van der Waals surface area (Å²) < 4.78 is 5.43. The second-order valence-corrected chi connectivity index (χ2v) is 6.21. The van der Waals surface area contributed by atoms with Crippen molar-refractivity contribution in [3.8, 4) is 5.75 Å². The van der Waals surface area contributed by atoms with E-state index in [1.165, 1.54) is 0 Å². The van der Waals surface area contributed by atoms with Crippen molar-refractivity contribution in [2.45, 2.75) is 45.6 Å². The molecule has 0 radical (unpaired) electrons. The highest BCUT2D eigenvalue weighted by molar-refractivity contribution is 5.68. The third-order valence-electron chi connectivity index (χ3n) is 4.19. The van der Waals surface area contributed by atoms with Gasteiger partial charge in [-0.25, -0.2) is 4.98 Å². The van der Waals surface area contributed by atoms with Crippen LogP contribution in [0.1, 0.15) is 43.0 Å². The minimum absolute atomic E-state index is 0.0187. The highest BCUT2D eigenvalue weighted by Crippen LogP contribution is 2.27. The lowest BCUT2D eigenvalue weighted by atomic mass is 10.0. The molecule has 0 unspecified atom stereocenters. The number of carbonyl (C=O) groups is 1. The largest absolute Gasteiger partial charge is 0.496 e. The number of nitrogens with two attached hydrogens (primary N) is 1. The van der Waals surface area contributed by atoms with Gasteiger partial charge in [-0.15, -0.1) is 0 Å². The Balaban J connectivity index is 2.38. The lowest BCUT2D eigenvalue weighted by Gasteiger charge is -2.20. The summed E-state index contributed by atoms with van der Waals surface area (Å²) in [7, 11) is 1.63. The molecule has 26 heavy (non-hydrogen) atoms. The van der Waals surface area contributed by atoms with E-state index in [1.807, 2.05) is 38.1 Å². The summed E-state index contributed by atoms with van der Waals surface area (Å²) in [6.45, 7) is 3.89. The van der Waals surface area contributed by atoms with E-state index in [1.54, 1.807) is 7.11 Å². The van der Waals surface area contributed by atoms with Crippen molar-refractivity contribution >= 4 is 17.7 Å². The Hall–Kier alpha value is -2.83. The van der Waals surface area contributed by atoms with E-state index in [9.17, 15) is 4.79 Å². The first-order chi connectivity index (χ1) is 12.4. The predicted molar refractivity (Wildman–Crippen MR) is 102 cm³/mol. The lowest BCUT2D eigenvalue weighted by molar-refractivity contribution is -0.137. The number of aryl methyl sites for hydroxylation is 1. The first kappa shape index (κ1) is 19.5. The van der Waals surface area contributed by atoms with Gasteiger partial charge in [-0.2, -0.15) is 4.98 Å². The summed E-state index contributed by atoms with van der Waals surface area (Å²) in [5.74, 6) is 0.686. The van der Waals surface area contributed by atoms with Crippen molar-refractivity contribution in [2.24, 2.45) is 0 Å². The van der Waals surface area contributed by atoms with Crippen LogP contribution in [0.4, 0.5) is 11.8 Å². The number of para-hydroxylation sites is 1. The van der Waals surface area contributed by atoms with Crippen LogP contribution >= 0.6 is 0 Å². The second kappa shape index (κ2) is 9.03. The first-order valence-corrected chi connectivity index (χ1v) is 8.67. The molecule has 1 aromatic heterocycles. The van der Waals surface area contributed by atoms with Crippen LogP contribution in [0, 0.1) is 6.92 Å². The zero-order valence-electron chi connectivity index (χ0n) is 15.5. The molecule has 2 aromatic rings. The highest BCUT2D eigenvalue weighted by atomic mass is 16.5. The smallest absolute Gasteiger partial charge is 0.305 e. The quantitative estimate of drug-likeness (QED) is 0.632. The number of aromatic nitrogens is 2. The fraction of sp³-hybridized carbons (Fsp3) is 0.421. The van der Waals surface area contributed by atoms with Crippen LogP contribution < -0.4 is 15.8 Å². The minimum atomic E-state index is -0.846. The highest BCUT2D eigenvalue weighted by Gasteiger charge is 2.18. The van der Waals surface area contributed by atoms with Crippen LogP contribution in [0.15, 0.2) is 24.3 Å². The van der Waals surface area contributed by atoms with E-state index in [2.05, 4.69) is 15.3 Å². The zero-order chi connectivity index (χ0) is 19.1. The normalized spacial score (nSPS) is 11.8. The van der Waals surface area contributed by atoms with Gasteiger partial charge in [-0.3, -0.25) is 4.79 Å². The number of benzene rings is 1. The van der Waals surface area contributed by atoms with Gasteiger partial charge >= 0.3 is 5.97 Å². The molecule has 0 bridgehead atoms. The molecule has 0 fully saturated rings. The van der Waals surface area contributed by atoms with Crippen molar-refractivity contribution in [2.75, 3.05) is 18.2 Å². The molecule has 1 heterocycles. The summed E-state index contributed by atoms with van der Waals surface area (Å²) in [5, 5.41) is 12.4. The topological polar surface area (TPSA) is 110 Å². The molecule has 0 saturated carbocycles. The summed E-state index contributed by atoms with van der Waals surface area (Å²) in [6, 6.07) is 7.53. The summed E-state index contributed by atoms with van der Waals surface area (Å²) in [4.78, 5) is 19.8. The van der Waals surface area contributed by atoms with Crippen molar-refractivity contribution in [1.29, 1.82) is 0 Å². The van der Waals surface area contributed by atoms with Crippen LogP contribution in [0.25, 0.3) is 0 Å². The van der Waals surface area contributed by atoms with E-state index in [0.717, 1.165) is 35.4 Å². The molecule has 4 N–H and O–H groups in total. The summed E-state index contributed by atoms with van der Waals surface area (Å²) in [5.41, 5.74) is 8.47. The van der Waals surface area contributed by atoms with Crippen LogP contribution in [0.5, 0.6) is 5.75 Å². The summed E-state index contributed by atoms with van der Waals surface area (Å²) in [6.07, 6.45) is 2.17. The molecular weight excluding hydrogens is 332 g/mol. The SMILES string of the molecule is CCC[C@@H](CC(=O)O)Nc1nc(N)nc(C)c1Cc1ccccc1OC. The molecule has 7 nitrogen and oxygen atoms in total. The molecule has 0 saturated heterocycles. The number of aliphatic carboxylic acids is 1. The number of hydrogen-bond donors (Lipinski definition) is 3. The van der Waals surface area contributed by atoms with E-state index >= 15 is 0 Å². The van der Waals surface area contributed by atoms with Gasteiger partial charge in [0.1, 0.15) is 11.6 Å². The number of methoxy groups -OCH3 is 1. The van der Waals surface area contributed by atoms with E-state index < -0.39 is 5.97 Å². The van der Waals surface area contributed by atoms with Gasteiger partial charge < -0.3 is 20.9 Å². The third kappa shape index (κ3) is 5.08. The number of carboxylic acid groups (broad SMARTS) is 1. The molecule has 7 heteroatoms. The fourth-order valence-electron chi connectivity index (χ4n) is 2.97. The van der Waals surface area contributed by atoms with Gasteiger partial charge in [0, 0.05) is 23.7 Å². The number of nitrogens with one attached hydrogen (secondary N) is 1. The maximum absolute atomic E-state index is 11.2. The molecule has 0 spiro atoms. The molecule has 140 valence electrons. The number of hydrogen-bond acceptors (Lipinski definition) is 6. The number of nitrogen functional groups attached to an aromatic ring is 1. The second-order valence-electron chi connectivity index (χ2n) is 6.21. The Labute approximate surface area is 153 Å². The van der Waals surface area contributed by atoms with Crippen molar-refractivity contribution < 1.29 is 14.6 Å². The Bertz CT molecular complexity index is 764. The Morgan fingerprint density at radius 3 is 2.73 bits per heavy atom. The fourth-order valence-corrected chi connectivity index (χ4v) is 2.97. The molecule has 0 aliphatic heterocycles.